The summed E-state index contributed by atoms with van der Waals surface area (Å²) in [6, 6.07) is 0. The number of hydrogen-bond acceptors (Lipinski definition) is 6. The average Bonchev–Trinajstić information content (AvgIpc) is 3.31. The molecule has 0 saturated heterocycles. The van der Waals surface area contributed by atoms with E-state index >= 15 is 0 Å². The lowest BCUT2D eigenvalue weighted by molar-refractivity contribution is -0.167. The van der Waals surface area contributed by atoms with E-state index < -0.39 is 6.10 Å². The molecule has 0 aliphatic carbocycles. The van der Waals surface area contributed by atoms with Crippen molar-refractivity contribution in [3.8, 4) is 0 Å². The Hall–Kier alpha value is -2.37. The molecule has 0 amide bonds. The molecule has 0 heterocycles. The van der Waals surface area contributed by atoms with Crippen LogP contribution in [-0.2, 0) is 28.6 Å². The van der Waals surface area contributed by atoms with Gasteiger partial charge in [0, 0.05) is 19.3 Å². The third kappa shape index (κ3) is 52.6. The van der Waals surface area contributed by atoms with Crippen LogP contribution in [0.5, 0.6) is 0 Å². The van der Waals surface area contributed by atoms with Crippen LogP contribution in [0.25, 0.3) is 0 Å². The lowest BCUT2D eigenvalue weighted by Crippen LogP contribution is -2.30. The van der Waals surface area contributed by atoms with Crippen molar-refractivity contribution in [1.29, 1.82) is 0 Å². The summed E-state index contributed by atoms with van der Waals surface area (Å²) in [5.74, 6) is -0.869. The fourth-order valence-electron chi connectivity index (χ4n) is 8.47. The number of hydrogen-bond donors (Lipinski definition) is 0. The Bertz CT molecular complexity index is 1110. The van der Waals surface area contributed by atoms with Crippen LogP contribution in [0.2, 0.25) is 0 Å². The predicted octanol–water partition coefficient (Wildman–Crippen LogP) is 19.3. The quantitative estimate of drug-likeness (QED) is 0.0262. The third-order valence-corrected chi connectivity index (χ3v) is 12.9. The minimum atomic E-state index is -0.773. The lowest BCUT2D eigenvalue weighted by atomic mass is 10.1. The number of esters is 3. The molecule has 0 rings (SSSR count). The van der Waals surface area contributed by atoms with E-state index in [-0.39, 0.29) is 31.1 Å². The van der Waals surface area contributed by atoms with E-state index in [9.17, 15) is 14.4 Å². The van der Waals surface area contributed by atoms with Gasteiger partial charge in [0.15, 0.2) is 6.10 Å². The van der Waals surface area contributed by atoms with Gasteiger partial charge in [-0.1, -0.05) is 250 Å². The van der Waals surface area contributed by atoms with Crippen molar-refractivity contribution in [1.82, 2.24) is 0 Å². The molecular weight excluding hydrogens is 817 g/mol. The number of unbranched alkanes of at least 4 members (excludes halogenated alkanes) is 36. The first kappa shape index (κ1) is 63.6. The fraction of sp³-hybridized carbons (Fsp3) is 0.850. The average molecular weight is 928 g/mol. The summed E-state index contributed by atoms with van der Waals surface area (Å²) in [5, 5.41) is 0. The molecule has 0 fully saturated rings. The molecule has 0 bridgehead atoms. The summed E-state index contributed by atoms with van der Waals surface area (Å²) >= 11 is 0. The molecule has 0 spiro atoms. The monoisotopic (exact) mass is 927 g/mol. The highest BCUT2D eigenvalue weighted by Gasteiger charge is 2.19. The van der Waals surface area contributed by atoms with Crippen molar-refractivity contribution in [2.45, 2.75) is 316 Å². The Balaban J connectivity index is 4.27. The molecule has 6 heteroatoms. The highest BCUT2D eigenvalue weighted by Crippen LogP contribution is 2.16. The highest BCUT2D eigenvalue weighted by atomic mass is 16.6. The molecule has 66 heavy (non-hydrogen) atoms. The zero-order valence-corrected chi connectivity index (χ0v) is 44.2. The molecule has 0 aromatic heterocycles. The standard InChI is InChI=1S/C60H110O6/c1-4-7-10-13-16-19-22-24-26-28-29-30-31-33-34-36-38-41-44-47-50-53-59(62)65-56-57(55-64-58(61)52-49-46-43-40-21-18-15-12-9-6-3)66-60(63)54-51-48-45-42-39-37-35-32-27-25-23-20-17-14-11-8-5-2/h17,20,25,27-29,57H,4-16,18-19,21-24,26,30-56H2,1-3H3/b20-17-,27-25-,29-28-. The molecule has 0 aliphatic rings. The van der Waals surface area contributed by atoms with Crippen molar-refractivity contribution in [3.05, 3.63) is 36.5 Å². The van der Waals surface area contributed by atoms with Crippen LogP contribution >= 0.6 is 0 Å². The maximum absolute atomic E-state index is 12.8. The minimum absolute atomic E-state index is 0.0728. The van der Waals surface area contributed by atoms with E-state index in [1.807, 2.05) is 0 Å². The van der Waals surface area contributed by atoms with Gasteiger partial charge in [0.25, 0.3) is 0 Å². The molecule has 0 radical (unpaired) electrons. The second kappa shape index (κ2) is 55.2. The topological polar surface area (TPSA) is 78.9 Å². The largest absolute Gasteiger partial charge is 0.462 e. The molecule has 386 valence electrons. The summed E-state index contributed by atoms with van der Waals surface area (Å²) in [7, 11) is 0. The number of rotatable bonds is 53. The van der Waals surface area contributed by atoms with E-state index in [1.165, 1.54) is 199 Å². The first-order valence-electron chi connectivity index (χ1n) is 29.0. The number of ether oxygens (including phenoxy) is 3. The Kier molecular flexibility index (Phi) is 53.2. The van der Waals surface area contributed by atoms with Crippen LogP contribution in [0.15, 0.2) is 36.5 Å². The SMILES string of the molecule is CCCCC/C=C\C/C=C\CCCCCCCCCC(=O)OC(COC(=O)CCCCCCCCCCCC)COC(=O)CCCCCCCCCCC/C=C\CCCCCCCCCC. The lowest BCUT2D eigenvalue weighted by Gasteiger charge is -2.18. The predicted molar refractivity (Wildman–Crippen MR) is 284 cm³/mol. The Morgan fingerprint density at radius 2 is 0.545 bits per heavy atom. The molecule has 0 aromatic rings. The van der Waals surface area contributed by atoms with Gasteiger partial charge in [-0.2, -0.15) is 0 Å². The van der Waals surface area contributed by atoms with E-state index in [0.717, 1.165) is 70.6 Å². The molecule has 1 atom stereocenters. The van der Waals surface area contributed by atoms with Crippen LogP contribution in [-0.4, -0.2) is 37.2 Å². The molecular formula is C60H110O6. The van der Waals surface area contributed by atoms with Crippen LogP contribution in [0.4, 0.5) is 0 Å². The van der Waals surface area contributed by atoms with E-state index in [0.29, 0.717) is 19.3 Å². The van der Waals surface area contributed by atoms with Gasteiger partial charge >= 0.3 is 17.9 Å². The van der Waals surface area contributed by atoms with Gasteiger partial charge in [-0.25, -0.2) is 0 Å². The third-order valence-electron chi connectivity index (χ3n) is 12.9. The Morgan fingerprint density at radius 3 is 0.879 bits per heavy atom. The number of carbonyl (C=O) groups excluding carboxylic acids is 3. The molecule has 0 aromatic carbocycles. The van der Waals surface area contributed by atoms with Gasteiger partial charge in [0.05, 0.1) is 0 Å². The first-order valence-corrected chi connectivity index (χ1v) is 29.0. The zero-order valence-electron chi connectivity index (χ0n) is 44.2. The summed E-state index contributed by atoms with van der Waals surface area (Å²) in [5.41, 5.74) is 0. The van der Waals surface area contributed by atoms with E-state index in [4.69, 9.17) is 14.2 Å². The zero-order chi connectivity index (χ0) is 47.9. The second-order valence-corrected chi connectivity index (χ2v) is 19.6. The van der Waals surface area contributed by atoms with Crippen molar-refractivity contribution < 1.29 is 28.6 Å². The molecule has 0 N–H and O–H groups in total. The molecule has 6 nitrogen and oxygen atoms in total. The maximum atomic E-state index is 12.8. The van der Waals surface area contributed by atoms with Crippen molar-refractivity contribution in [3.63, 3.8) is 0 Å². The van der Waals surface area contributed by atoms with Crippen molar-refractivity contribution in [2.75, 3.05) is 13.2 Å². The van der Waals surface area contributed by atoms with Gasteiger partial charge in [-0.15, -0.1) is 0 Å². The van der Waals surface area contributed by atoms with Crippen LogP contribution < -0.4 is 0 Å². The Morgan fingerprint density at radius 1 is 0.303 bits per heavy atom. The highest BCUT2D eigenvalue weighted by molar-refractivity contribution is 5.71. The molecule has 1 unspecified atom stereocenters. The van der Waals surface area contributed by atoms with Gasteiger partial charge in [0.2, 0.25) is 0 Å². The minimum Gasteiger partial charge on any atom is -0.462 e. The van der Waals surface area contributed by atoms with E-state index in [1.54, 1.807) is 0 Å². The fourth-order valence-corrected chi connectivity index (χ4v) is 8.47. The van der Waals surface area contributed by atoms with Crippen LogP contribution in [0.3, 0.4) is 0 Å². The van der Waals surface area contributed by atoms with Crippen molar-refractivity contribution in [2.24, 2.45) is 0 Å². The van der Waals surface area contributed by atoms with Gasteiger partial charge in [-0.05, 0) is 77.0 Å². The second-order valence-electron chi connectivity index (χ2n) is 19.6. The summed E-state index contributed by atoms with van der Waals surface area (Å²) in [6.07, 6.45) is 65.7. The van der Waals surface area contributed by atoms with Crippen LogP contribution in [0.1, 0.15) is 310 Å². The van der Waals surface area contributed by atoms with Crippen molar-refractivity contribution >= 4 is 17.9 Å². The smallest absolute Gasteiger partial charge is 0.306 e. The summed E-state index contributed by atoms with van der Waals surface area (Å²) in [6.45, 7) is 6.63. The van der Waals surface area contributed by atoms with E-state index in [2.05, 4.69) is 57.2 Å². The first-order chi connectivity index (χ1) is 32.5. The Labute approximate surface area is 410 Å². The molecule has 0 aliphatic heterocycles. The van der Waals surface area contributed by atoms with Crippen LogP contribution in [0, 0.1) is 0 Å². The summed E-state index contributed by atoms with van der Waals surface area (Å²) in [4.78, 5) is 38.1. The maximum Gasteiger partial charge on any atom is 0.306 e. The normalized spacial score (nSPS) is 12.2. The van der Waals surface area contributed by atoms with Gasteiger partial charge in [-0.3, -0.25) is 14.4 Å². The van der Waals surface area contributed by atoms with Gasteiger partial charge < -0.3 is 14.2 Å². The summed E-state index contributed by atoms with van der Waals surface area (Å²) < 4.78 is 16.8. The van der Waals surface area contributed by atoms with Gasteiger partial charge in [0.1, 0.15) is 13.2 Å². The number of allylic oxidation sites excluding steroid dienone is 6. The number of carbonyl (C=O) groups is 3. The molecule has 0 saturated carbocycles.